The van der Waals surface area contributed by atoms with Crippen LogP contribution in [0.5, 0.6) is 0 Å². The molecule has 0 radical (unpaired) electrons. The fourth-order valence-corrected chi connectivity index (χ4v) is 1.73. The van der Waals surface area contributed by atoms with Crippen molar-refractivity contribution in [1.29, 1.82) is 0 Å². The van der Waals surface area contributed by atoms with Crippen molar-refractivity contribution in [2.45, 2.75) is 19.8 Å². The molecule has 0 aliphatic rings. The first-order valence-electron chi connectivity index (χ1n) is 6.27. The smallest absolute Gasteiger partial charge is 0.163 e. The number of hydrogen-bond donors (Lipinski definition) is 1. The maximum absolute atomic E-state index is 5.42. The quantitative estimate of drug-likeness (QED) is 0.755. The topological polar surface area (TPSA) is 64.9 Å². The Morgan fingerprint density at radius 1 is 1.33 bits per heavy atom. The lowest BCUT2D eigenvalue weighted by molar-refractivity contribution is 0.134. The Hall–Kier alpha value is -1.69. The molecule has 0 fully saturated rings. The molecule has 0 saturated heterocycles. The van der Waals surface area contributed by atoms with Crippen LogP contribution in [-0.4, -0.2) is 39.5 Å². The zero-order chi connectivity index (χ0) is 12.8. The molecule has 0 aliphatic heterocycles. The number of rotatable bonds is 7. The van der Waals surface area contributed by atoms with Gasteiger partial charge in [0.1, 0.15) is 12.1 Å². The number of aromatic nitrogens is 4. The molecule has 0 aromatic carbocycles. The van der Waals surface area contributed by atoms with Gasteiger partial charge in [0.05, 0.1) is 11.6 Å². The Labute approximate surface area is 106 Å². The van der Waals surface area contributed by atoms with Gasteiger partial charge < -0.3 is 10.1 Å². The Kier molecular flexibility index (Phi) is 4.46. The number of fused-ring (bicyclic) bond motifs is 1. The first-order valence-corrected chi connectivity index (χ1v) is 6.27. The minimum Gasteiger partial charge on any atom is -0.381 e. The van der Waals surface area contributed by atoms with Gasteiger partial charge in [0.2, 0.25) is 0 Å². The largest absolute Gasteiger partial charge is 0.381 e. The molecule has 98 valence electrons. The van der Waals surface area contributed by atoms with Crippen LogP contribution in [0.15, 0.2) is 12.5 Å². The monoisotopic (exact) mass is 249 g/mol. The number of hydrogen-bond acceptors (Lipinski definition) is 5. The van der Waals surface area contributed by atoms with Crippen molar-refractivity contribution in [2.24, 2.45) is 7.05 Å². The zero-order valence-electron chi connectivity index (χ0n) is 10.9. The first-order chi connectivity index (χ1) is 8.83. The molecule has 0 spiro atoms. The second-order valence-electron chi connectivity index (χ2n) is 4.12. The molecule has 1 N–H and O–H groups in total. The fraction of sp³-hybridized carbons (Fsp3) is 0.583. The van der Waals surface area contributed by atoms with Crippen LogP contribution >= 0.6 is 0 Å². The van der Waals surface area contributed by atoms with Gasteiger partial charge in [-0.25, -0.2) is 9.97 Å². The predicted molar refractivity (Wildman–Crippen MR) is 70.5 cm³/mol. The highest BCUT2D eigenvalue weighted by Gasteiger charge is 2.06. The molecule has 0 saturated carbocycles. The van der Waals surface area contributed by atoms with E-state index in [0.717, 1.165) is 49.5 Å². The lowest BCUT2D eigenvalue weighted by atomic mass is 10.3. The maximum Gasteiger partial charge on any atom is 0.163 e. The van der Waals surface area contributed by atoms with Crippen LogP contribution < -0.4 is 5.32 Å². The molecule has 2 rings (SSSR count). The highest BCUT2D eigenvalue weighted by molar-refractivity contribution is 5.85. The maximum atomic E-state index is 5.42. The van der Waals surface area contributed by atoms with Gasteiger partial charge in [0.25, 0.3) is 0 Å². The van der Waals surface area contributed by atoms with Crippen molar-refractivity contribution in [3.05, 3.63) is 12.5 Å². The van der Waals surface area contributed by atoms with Crippen LogP contribution in [0, 0.1) is 0 Å². The summed E-state index contributed by atoms with van der Waals surface area (Å²) in [5.41, 5.74) is 0.842. The molecule has 0 amide bonds. The Bertz CT molecular complexity index is 496. The molecule has 6 heteroatoms. The molecule has 6 nitrogen and oxygen atoms in total. The van der Waals surface area contributed by atoms with Gasteiger partial charge in [-0.2, -0.15) is 5.10 Å². The van der Waals surface area contributed by atoms with E-state index in [9.17, 15) is 0 Å². The van der Waals surface area contributed by atoms with Gasteiger partial charge in [0.15, 0.2) is 5.65 Å². The third-order valence-electron chi connectivity index (χ3n) is 2.64. The summed E-state index contributed by atoms with van der Waals surface area (Å²) < 4.78 is 7.17. The normalized spacial score (nSPS) is 11.0. The van der Waals surface area contributed by atoms with Crippen LogP contribution in [-0.2, 0) is 11.8 Å². The van der Waals surface area contributed by atoms with Crippen LogP contribution in [0.25, 0.3) is 11.0 Å². The molecule has 2 aromatic heterocycles. The number of ether oxygens (including phenoxy) is 1. The van der Waals surface area contributed by atoms with Gasteiger partial charge in [0, 0.05) is 26.8 Å². The van der Waals surface area contributed by atoms with Crippen molar-refractivity contribution in [3.63, 3.8) is 0 Å². The Balaban J connectivity index is 1.88. The summed E-state index contributed by atoms with van der Waals surface area (Å²) in [5, 5.41) is 8.42. The number of nitrogens with zero attached hydrogens (tertiary/aromatic N) is 4. The molecule has 0 aliphatic carbocycles. The fourth-order valence-electron chi connectivity index (χ4n) is 1.73. The molecule has 0 atom stereocenters. The first kappa shape index (κ1) is 12.8. The second kappa shape index (κ2) is 6.30. The second-order valence-corrected chi connectivity index (χ2v) is 4.12. The average Bonchev–Trinajstić information content (AvgIpc) is 2.77. The van der Waals surface area contributed by atoms with Gasteiger partial charge >= 0.3 is 0 Å². The molecule has 0 unspecified atom stereocenters. The van der Waals surface area contributed by atoms with Gasteiger partial charge in [-0.15, -0.1) is 0 Å². The van der Waals surface area contributed by atoms with Crippen molar-refractivity contribution in [3.8, 4) is 0 Å². The minimum atomic E-state index is 0.780. The molecule has 2 heterocycles. The lowest BCUT2D eigenvalue weighted by Crippen LogP contribution is -2.07. The van der Waals surface area contributed by atoms with Crippen molar-refractivity contribution in [2.75, 3.05) is 25.1 Å². The number of anilines is 1. The molecule has 2 aromatic rings. The average molecular weight is 249 g/mol. The van der Waals surface area contributed by atoms with E-state index < -0.39 is 0 Å². The van der Waals surface area contributed by atoms with E-state index in [2.05, 4.69) is 27.3 Å². The van der Waals surface area contributed by atoms with Crippen molar-refractivity contribution in [1.82, 2.24) is 19.7 Å². The molecular formula is C12H19N5O. The summed E-state index contributed by atoms with van der Waals surface area (Å²) in [6, 6.07) is 0. The summed E-state index contributed by atoms with van der Waals surface area (Å²) >= 11 is 0. The molecule has 18 heavy (non-hydrogen) atoms. The standard InChI is InChI=1S/C12H19N5O/c1-3-6-18-7-4-5-13-11-10-8-16-17(2)12(10)15-9-14-11/h8-9H,3-7H2,1-2H3,(H,13,14,15). The zero-order valence-corrected chi connectivity index (χ0v) is 10.9. The van der Waals surface area contributed by atoms with Gasteiger partial charge in [-0.05, 0) is 12.8 Å². The third-order valence-corrected chi connectivity index (χ3v) is 2.64. The van der Waals surface area contributed by atoms with Gasteiger partial charge in [-0.3, -0.25) is 4.68 Å². The highest BCUT2D eigenvalue weighted by atomic mass is 16.5. The van der Waals surface area contributed by atoms with Crippen LogP contribution in [0.4, 0.5) is 5.82 Å². The summed E-state index contributed by atoms with van der Waals surface area (Å²) in [6.45, 7) is 4.56. The van der Waals surface area contributed by atoms with E-state index in [-0.39, 0.29) is 0 Å². The predicted octanol–water partition coefficient (Wildman–Crippen LogP) is 1.59. The molecule has 0 bridgehead atoms. The van der Waals surface area contributed by atoms with E-state index in [4.69, 9.17) is 4.74 Å². The van der Waals surface area contributed by atoms with Crippen LogP contribution in [0.2, 0.25) is 0 Å². The number of aryl methyl sites for hydroxylation is 1. The van der Waals surface area contributed by atoms with E-state index >= 15 is 0 Å². The van der Waals surface area contributed by atoms with E-state index in [1.165, 1.54) is 0 Å². The molecular weight excluding hydrogens is 230 g/mol. The van der Waals surface area contributed by atoms with E-state index in [1.54, 1.807) is 17.2 Å². The van der Waals surface area contributed by atoms with Crippen molar-refractivity contribution < 1.29 is 4.74 Å². The lowest BCUT2D eigenvalue weighted by Gasteiger charge is -2.06. The number of nitrogens with one attached hydrogen (secondary N) is 1. The Morgan fingerprint density at radius 3 is 3.06 bits per heavy atom. The van der Waals surface area contributed by atoms with Gasteiger partial charge in [-0.1, -0.05) is 6.92 Å². The van der Waals surface area contributed by atoms with Crippen molar-refractivity contribution >= 4 is 16.9 Å². The summed E-state index contributed by atoms with van der Waals surface area (Å²) in [6.07, 6.45) is 5.37. The minimum absolute atomic E-state index is 0.780. The Morgan fingerprint density at radius 2 is 2.22 bits per heavy atom. The SMILES string of the molecule is CCCOCCCNc1ncnc2c1cnn2C. The van der Waals surface area contributed by atoms with Crippen LogP contribution in [0.3, 0.4) is 0 Å². The van der Waals surface area contributed by atoms with E-state index in [0.29, 0.717) is 0 Å². The summed E-state index contributed by atoms with van der Waals surface area (Å²) in [4.78, 5) is 8.43. The third kappa shape index (κ3) is 2.95. The van der Waals surface area contributed by atoms with E-state index in [1.807, 2.05) is 7.05 Å². The summed E-state index contributed by atoms with van der Waals surface area (Å²) in [5.74, 6) is 0.837. The highest BCUT2D eigenvalue weighted by Crippen LogP contribution is 2.17. The summed E-state index contributed by atoms with van der Waals surface area (Å²) in [7, 11) is 1.87. The van der Waals surface area contributed by atoms with Crippen LogP contribution in [0.1, 0.15) is 19.8 Å².